The third kappa shape index (κ3) is 3.60. The van der Waals surface area contributed by atoms with Crippen molar-refractivity contribution in [2.24, 2.45) is 10.7 Å². The van der Waals surface area contributed by atoms with Crippen molar-refractivity contribution >= 4 is 11.7 Å². The van der Waals surface area contributed by atoms with Gasteiger partial charge in [-0.2, -0.15) is 0 Å². The van der Waals surface area contributed by atoms with Gasteiger partial charge in [0.15, 0.2) is 0 Å². The molecule has 0 radical (unpaired) electrons. The Hall–Kier alpha value is -1.06. The van der Waals surface area contributed by atoms with Crippen LogP contribution in [-0.4, -0.2) is 29.9 Å². The molecule has 4 heteroatoms. The third-order valence-electron chi connectivity index (χ3n) is 1.45. The molecule has 0 aliphatic carbocycles. The average Bonchev–Trinajstić information content (AvgIpc) is 1.84. The van der Waals surface area contributed by atoms with Crippen molar-refractivity contribution in [3.8, 4) is 0 Å². The van der Waals surface area contributed by atoms with Crippen LogP contribution in [0.3, 0.4) is 0 Å². The molecule has 1 atom stereocenters. The summed E-state index contributed by atoms with van der Waals surface area (Å²) >= 11 is 0. The lowest BCUT2D eigenvalue weighted by molar-refractivity contribution is -0.129. The van der Waals surface area contributed by atoms with E-state index in [-0.39, 0.29) is 12.1 Å². The van der Waals surface area contributed by atoms with E-state index >= 15 is 0 Å². The summed E-state index contributed by atoms with van der Waals surface area (Å²) in [5.74, 6) is 0.480. The number of carbonyl (C=O) groups is 1. The summed E-state index contributed by atoms with van der Waals surface area (Å²) < 4.78 is 0. The highest BCUT2D eigenvalue weighted by atomic mass is 16.2. The Morgan fingerprint density at radius 2 is 2.00 bits per heavy atom. The highest BCUT2D eigenvalue weighted by Crippen LogP contribution is 1.96. The minimum atomic E-state index is -0.169. The predicted molar refractivity (Wildman–Crippen MR) is 45.2 cm³/mol. The van der Waals surface area contributed by atoms with E-state index in [1.165, 1.54) is 11.8 Å². The van der Waals surface area contributed by atoms with Crippen LogP contribution in [0.25, 0.3) is 0 Å². The Labute approximate surface area is 67.1 Å². The highest BCUT2D eigenvalue weighted by Gasteiger charge is 2.08. The van der Waals surface area contributed by atoms with Crippen LogP contribution in [-0.2, 0) is 4.79 Å². The molecule has 0 bridgehead atoms. The molecule has 2 N–H and O–H groups in total. The Morgan fingerprint density at radius 3 is 2.27 bits per heavy atom. The van der Waals surface area contributed by atoms with Crippen molar-refractivity contribution in [3.63, 3.8) is 0 Å². The monoisotopic (exact) mass is 157 g/mol. The smallest absolute Gasteiger partial charge is 0.220 e. The second-order valence-corrected chi connectivity index (χ2v) is 2.53. The number of hydrogen-bond donors (Lipinski definition) is 1. The Bertz CT molecular complexity index is 173. The molecule has 0 fully saturated rings. The molecule has 64 valence electrons. The summed E-state index contributed by atoms with van der Waals surface area (Å²) in [4.78, 5) is 16.3. The molecule has 0 aliphatic heterocycles. The molecule has 0 rings (SSSR count). The van der Waals surface area contributed by atoms with E-state index in [4.69, 9.17) is 5.73 Å². The lowest BCUT2D eigenvalue weighted by Crippen LogP contribution is -2.33. The molecule has 0 aromatic rings. The van der Waals surface area contributed by atoms with Gasteiger partial charge in [0.05, 0.1) is 5.84 Å². The van der Waals surface area contributed by atoms with Gasteiger partial charge in [-0.25, -0.2) is 4.99 Å². The van der Waals surface area contributed by atoms with Crippen molar-refractivity contribution in [2.45, 2.75) is 26.9 Å². The van der Waals surface area contributed by atoms with Gasteiger partial charge in [-0.3, -0.25) is 4.79 Å². The second-order valence-electron chi connectivity index (χ2n) is 2.53. The van der Waals surface area contributed by atoms with Gasteiger partial charge in [0.1, 0.15) is 6.17 Å². The molecular formula is C7H15N3O. The van der Waals surface area contributed by atoms with Gasteiger partial charge in [-0.15, -0.1) is 0 Å². The number of carbonyl (C=O) groups excluding carboxylic acids is 1. The maximum atomic E-state index is 10.8. The van der Waals surface area contributed by atoms with E-state index in [9.17, 15) is 4.79 Å². The van der Waals surface area contributed by atoms with E-state index in [0.29, 0.717) is 5.84 Å². The first-order chi connectivity index (χ1) is 4.95. The molecule has 0 aromatic carbocycles. The first-order valence-electron chi connectivity index (χ1n) is 3.48. The van der Waals surface area contributed by atoms with Crippen molar-refractivity contribution < 1.29 is 4.79 Å². The van der Waals surface area contributed by atoms with Crippen LogP contribution < -0.4 is 5.73 Å². The third-order valence-corrected chi connectivity index (χ3v) is 1.45. The van der Waals surface area contributed by atoms with E-state index in [1.807, 2.05) is 6.92 Å². The number of amidine groups is 1. The topological polar surface area (TPSA) is 58.7 Å². The number of hydrogen-bond acceptors (Lipinski definition) is 2. The first-order valence-corrected chi connectivity index (χ1v) is 3.48. The second kappa shape index (κ2) is 3.95. The zero-order valence-electron chi connectivity index (χ0n) is 7.46. The lowest BCUT2D eigenvalue weighted by atomic mass is 10.4. The molecule has 0 heterocycles. The van der Waals surface area contributed by atoms with Gasteiger partial charge in [0, 0.05) is 14.0 Å². The number of aliphatic imine (C=N–C) groups is 1. The fourth-order valence-electron chi connectivity index (χ4n) is 0.644. The summed E-state index contributed by atoms with van der Waals surface area (Å²) in [6.45, 7) is 5.01. The number of amides is 1. The first kappa shape index (κ1) is 9.94. The minimum Gasteiger partial charge on any atom is -0.388 e. The largest absolute Gasteiger partial charge is 0.388 e. The van der Waals surface area contributed by atoms with Crippen molar-refractivity contribution in [1.82, 2.24) is 4.90 Å². The standard InChI is InChI=1S/C7H15N3O/c1-5(8)9-6(2)10(4)7(3)11/h6H,1-4H3,(H2,8,9). The summed E-state index contributed by atoms with van der Waals surface area (Å²) in [5.41, 5.74) is 5.34. The molecule has 0 spiro atoms. The normalized spacial score (nSPS) is 14.4. The lowest BCUT2D eigenvalue weighted by Gasteiger charge is -2.19. The van der Waals surface area contributed by atoms with Gasteiger partial charge < -0.3 is 10.6 Å². The summed E-state index contributed by atoms with van der Waals surface area (Å²) in [6, 6.07) is 0. The molecular weight excluding hydrogens is 142 g/mol. The number of rotatable bonds is 2. The average molecular weight is 157 g/mol. The molecule has 1 amide bonds. The van der Waals surface area contributed by atoms with Crippen molar-refractivity contribution in [1.29, 1.82) is 0 Å². The molecule has 0 saturated heterocycles. The fraction of sp³-hybridized carbons (Fsp3) is 0.714. The van der Waals surface area contributed by atoms with E-state index in [1.54, 1.807) is 14.0 Å². The van der Waals surface area contributed by atoms with Crippen LogP contribution >= 0.6 is 0 Å². The SMILES string of the molecule is CC(=O)N(C)C(C)/N=C(\C)N. The van der Waals surface area contributed by atoms with Gasteiger partial charge in [-0.05, 0) is 13.8 Å². The van der Waals surface area contributed by atoms with Crippen LogP contribution in [0.15, 0.2) is 4.99 Å². The van der Waals surface area contributed by atoms with Gasteiger partial charge >= 0.3 is 0 Å². The molecule has 4 nitrogen and oxygen atoms in total. The number of nitrogens with zero attached hydrogens (tertiary/aromatic N) is 2. The van der Waals surface area contributed by atoms with Gasteiger partial charge in [-0.1, -0.05) is 0 Å². The fourth-order valence-corrected chi connectivity index (χ4v) is 0.644. The number of nitrogens with two attached hydrogens (primary N) is 1. The maximum Gasteiger partial charge on any atom is 0.220 e. The van der Waals surface area contributed by atoms with Crippen LogP contribution in [0.5, 0.6) is 0 Å². The van der Waals surface area contributed by atoms with Gasteiger partial charge in [0.25, 0.3) is 0 Å². The summed E-state index contributed by atoms with van der Waals surface area (Å²) in [6.07, 6.45) is -0.169. The molecule has 11 heavy (non-hydrogen) atoms. The predicted octanol–water partition coefficient (Wildman–Crippen LogP) is 0.188. The Morgan fingerprint density at radius 1 is 1.55 bits per heavy atom. The van der Waals surface area contributed by atoms with Crippen LogP contribution in [0.1, 0.15) is 20.8 Å². The molecule has 1 unspecified atom stereocenters. The van der Waals surface area contributed by atoms with Crippen molar-refractivity contribution in [3.05, 3.63) is 0 Å². The van der Waals surface area contributed by atoms with Crippen LogP contribution in [0.4, 0.5) is 0 Å². The zero-order valence-corrected chi connectivity index (χ0v) is 7.46. The van der Waals surface area contributed by atoms with Gasteiger partial charge in [0.2, 0.25) is 5.91 Å². The highest BCUT2D eigenvalue weighted by molar-refractivity contribution is 5.78. The van der Waals surface area contributed by atoms with E-state index in [0.717, 1.165) is 0 Å². The van der Waals surface area contributed by atoms with E-state index < -0.39 is 0 Å². The van der Waals surface area contributed by atoms with Crippen LogP contribution in [0, 0.1) is 0 Å². The Balaban J connectivity index is 4.14. The summed E-state index contributed by atoms with van der Waals surface area (Å²) in [7, 11) is 1.69. The Kier molecular flexibility index (Phi) is 3.57. The molecule has 0 saturated carbocycles. The van der Waals surface area contributed by atoms with E-state index in [2.05, 4.69) is 4.99 Å². The molecule has 0 aromatic heterocycles. The quantitative estimate of drug-likeness (QED) is 0.459. The minimum absolute atomic E-state index is 0.0116. The maximum absolute atomic E-state index is 10.8. The zero-order chi connectivity index (χ0) is 9.02. The van der Waals surface area contributed by atoms with Crippen LogP contribution in [0.2, 0.25) is 0 Å². The van der Waals surface area contributed by atoms with Crippen molar-refractivity contribution in [2.75, 3.05) is 7.05 Å². The molecule has 0 aliphatic rings. The summed E-state index contributed by atoms with van der Waals surface area (Å²) in [5, 5.41) is 0.